The number of halogens is 1. The van der Waals surface area contributed by atoms with Gasteiger partial charge < -0.3 is 16.0 Å². The number of carbonyl (C=O) groups is 2. The number of carbonyl (C=O) groups excluding carboxylic acids is 2. The first-order chi connectivity index (χ1) is 10.8. The van der Waals surface area contributed by atoms with Crippen molar-refractivity contribution in [2.24, 2.45) is 5.92 Å². The smallest absolute Gasteiger partial charge is 0.315 e. The van der Waals surface area contributed by atoms with Crippen LogP contribution in [0.1, 0.15) is 44.4 Å². The summed E-state index contributed by atoms with van der Waals surface area (Å²) in [5.74, 6) is -0.316. The van der Waals surface area contributed by atoms with Gasteiger partial charge in [-0.3, -0.25) is 4.79 Å². The fourth-order valence-electron chi connectivity index (χ4n) is 1.92. The molecule has 0 bridgehead atoms. The van der Waals surface area contributed by atoms with E-state index in [-0.39, 0.29) is 29.7 Å². The molecule has 0 radical (unpaired) electrons. The van der Waals surface area contributed by atoms with Crippen molar-refractivity contribution in [1.29, 1.82) is 0 Å². The van der Waals surface area contributed by atoms with Gasteiger partial charge in [-0.1, -0.05) is 26.0 Å². The minimum Gasteiger partial charge on any atom is -0.356 e. The Morgan fingerprint density at radius 3 is 2.39 bits per heavy atom. The first-order valence-corrected chi connectivity index (χ1v) is 7.89. The number of amides is 3. The van der Waals surface area contributed by atoms with Crippen molar-refractivity contribution in [3.63, 3.8) is 0 Å². The lowest BCUT2D eigenvalue weighted by Crippen LogP contribution is -2.38. The Bertz CT molecular complexity index is 547. The van der Waals surface area contributed by atoms with Crippen LogP contribution in [0.4, 0.5) is 9.18 Å². The van der Waals surface area contributed by atoms with Crippen molar-refractivity contribution < 1.29 is 14.0 Å². The number of aryl methyl sites for hydroxylation is 1. The zero-order valence-corrected chi connectivity index (χ0v) is 14.2. The molecule has 0 spiro atoms. The van der Waals surface area contributed by atoms with Gasteiger partial charge in [0, 0.05) is 19.0 Å². The van der Waals surface area contributed by atoms with Gasteiger partial charge in [-0.15, -0.1) is 0 Å². The molecule has 0 aromatic heterocycles. The van der Waals surface area contributed by atoms with Crippen molar-refractivity contribution in [1.82, 2.24) is 16.0 Å². The summed E-state index contributed by atoms with van der Waals surface area (Å²) in [6.07, 6.45) is 0.652. The molecule has 0 saturated heterocycles. The predicted octanol–water partition coefficient (Wildman–Crippen LogP) is 2.66. The van der Waals surface area contributed by atoms with E-state index in [9.17, 15) is 14.0 Å². The van der Waals surface area contributed by atoms with Crippen molar-refractivity contribution in [2.45, 2.75) is 40.2 Å². The van der Waals surface area contributed by atoms with E-state index in [4.69, 9.17) is 0 Å². The molecule has 23 heavy (non-hydrogen) atoms. The normalized spacial score (nSPS) is 11.9. The van der Waals surface area contributed by atoms with Gasteiger partial charge in [0.1, 0.15) is 5.82 Å². The van der Waals surface area contributed by atoms with E-state index in [2.05, 4.69) is 16.0 Å². The second-order valence-electron chi connectivity index (χ2n) is 5.93. The van der Waals surface area contributed by atoms with Gasteiger partial charge in [-0.2, -0.15) is 0 Å². The maximum Gasteiger partial charge on any atom is 0.315 e. The van der Waals surface area contributed by atoms with Gasteiger partial charge in [0.2, 0.25) is 5.91 Å². The maximum atomic E-state index is 13.5. The summed E-state index contributed by atoms with van der Waals surface area (Å²) >= 11 is 0. The van der Waals surface area contributed by atoms with Crippen LogP contribution in [0, 0.1) is 18.7 Å². The molecule has 128 valence electrons. The second kappa shape index (κ2) is 9.12. The van der Waals surface area contributed by atoms with E-state index >= 15 is 0 Å². The summed E-state index contributed by atoms with van der Waals surface area (Å²) in [5.41, 5.74) is 1.29. The topological polar surface area (TPSA) is 70.2 Å². The SMILES string of the molecule is Cc1ccc([C@H](C)NC(=O)NCCCNC(=O)C(C)C)cc1F. The molecule has 1 rings (SSSR count). The van der Waals surface area contributed by atoms with Crippen molar-refractivity contribution >= 4 is 11.9 Å². The van der Waals surface area contributed by atoms with E-state index in [1.54, 1.807) is 26.0 Å². The van der Waals surface area contributed by atoms with Gasteiger partial charge in [0.05, 0.1) is 6.04 Å². The van der Waals surface area contributed by atoms with Gasteiger partial charge >= 0.3 is 6.03 Å². The third kappa shape index (κ3) is 6.67. The third-order valence-corrected chi connectivity index (χ3v) is 3.51. The number of rotatable bonds is 7. The summed E-state index contributed by atoms with van der Waals surface area (Å²) < 4.78 is 13.5. The largest absolute Gasteiger partial charge is 0.356 e. The molecule has 0 aliphatic heterocycles. The molecule has 0 saturated carbocycles. The summed E-state index contributed by atoms with van der Waals surface area (Å²) in [4.78, 5) is 23.1. The lowest BCUT2D eigenvalue weighted by atomic mass is 10.1. The molecular weight excluding hydrogens is 297 g/mol. The minimum absolute atomic E-state index is 0.00414. The summed E-state index contributed by atoms with van der Waals surface area (Å²) in [5, 5.41) is 8.26. The molecular formula is C17H26FN3O2. The molecule has 6 heteroatoms. The quantitative estimate of drug-likeness (QED) is 0.675. The third-order valence-electron chi connectivity index (χ3n) is 3.51. The molecule has 0 heterocycles. The van der Waals surface area contributed by atoms with Crippen LogP contribution in [0.5, 0.6) is 0 Å². The van der Waals surface area contributed by atoms with Crippen molar-refractivity contribution in [3.05, 3.63) is 35.1 Å². The predicted molar refractivity (Wildman–Crippen MR) is 88.6 cm³/mol. The Morgan fingerprint density at radius 2 is 1.78 bits per heavy atom. The van der Waals surface area contributed by atoms with Gasteiger partial charge in [-0.05, 0) is 37.5 Å². The van der Waals surface area contributed by atoms with Crippen LogP contribution in [0.2, 0.25) is 0 Å². The molecule has 3 N–H and O–H groups in total. The molecule has 0 aliphatic carbocycles. The second-order valence-corrected chi connectivity index (χ2v) is 5.93. The van der Waals surface area contributed by atoms with Crippen LogP contribution in [0.15, 0.2) is 18.2 Å². The maximum absolute atomic E-state index is 13.5. The highest BCUT2D eigenvalue weighted by molar-refractivity contribution is 5.77. The van der Waals surface area contributed by atoms with E-state index in [1.807, 2.05) is 13.8 Å². The fourth-order valence-corrected chi connectivity index (χ4v) is 1.92. The van der Waals surface area contributed by atoms with E-state index < -0.39 is 0 Å². The lowest BCUT2D eigenvalue weighted by Gasteiger charge is -2.16. The van der Waals surface area contributed by atoms with Crippen LogP contribution < -0.4 is 16.0 Å². The zero-order chi connectivity index (χ0) is 17.4. The van der Waals surface area contributed by atoms with E-state index in [0.29, 0.717) is 30.6 Å². The Kier molecular flexibility index (Phi) is 7.51. The van der Waals surface area contributed by atoms with Crippen LogP contribution >= 0.6 is 0 Å². The fraction of sp³-hybridized carbons (Fsp3) is 0.529. The Balaban J connectivity index is 2.28. The van der Waals surface area contributed by atoms with Crippen LogP contribution in [-0.4, -0.2) is 25.0 Å². The van der Waals surface area contributed by atoms with E-state index in [1.165, 1.54) is 6.07 Å². The molecule has 1 aromatic rings. The van der Waals surface area contributed by atoms with E-state index in [0.717, 1.165) is 0 Å². The van der Waals surface area contributed by atoms with Gasteiger partial charge in [-0.25, -0.2) is 9.18 Å². The Hall–Kier alpha value is -2.11. The van der Waals surface area contributed by atoms with Gasteiger partial charge in [0.15, 0.2) is 0 Å². The summed E-state index contributed by atoms with van der Waals surface area (Å²) in [6.45, 7) is 8.14. The average Bonchev–Trinajstić information content (AvgIpc) is 2.49. The summed E-state index contributed by atoms with van der Waals surface area (Å²) in [6, 6.07) is 4.32. The Morgan fingerprint density at radius 1 is 1.13 bits per heavy atom. The monoisotopic (exact) mass is 323 g/mol. The van der Waals surface area contributed by atoms with Gasteiger partial charge in [0.25, 0.3) is 0 Å². The zero-order valence-electron chi connectivity index (χ0n) is 14.2. The molecule has 0 fully saturated rings. The van der Waals surface area contributed by atoms with Crippen molar-refractivity contribution in [2.75, 3.05) is 13.1 Å². The van der Waals surface area contributed by atoms with Crippen molar-refractivity contribution in [3.8, 4) is 0 Å². The molecule has 1 aromatic carbocycles. The lowest BCUT2D eigenvalue weighted by molar-refractivity contribution is -0.123. The number of urea groups is 1. The highest BCUT2D eigenvalue weighted by Gasteiger charge is 2.11. The highest BCUT2D eigenvalue weighted by atomic mass is 19.1. The molecule has 0 aliphatic rings. The number of hydrogen-bond donors (Lipinski definition) is 3. The number of hydrogen-bond acceptors (Lipinski definition) is 2. The summed E-state index contributed by atoms with van der Waals surface area (Å²) in [7, 11) is 0. The molecule has 1 atom stereocenters. The highest BCUT2D eigenvalue weighted by Crippen LogP contribution is 2.16. The molecule has 0 unspecified atom stereocenters. The standard InChI is InChI=1S/C17H26FN3O2/c1-11(2)16(22)19-8-5-9-20-17(23)21-13(4)14-7-6-12(3)15(18)10-14/h6-7,10-11,13H,5,8-9H2,1-4H3,(H,19,22)(H2,20,21,23)/t13-/m0/s1. The van der Waals surface area contributed by atoms with Crippen LogP contribution in [-0.2, 0) is 4.79 Å². The Labute approximate surface area is 137 Å². The first kappa shape index (κ1) is 18.9. The minimum atomic E-state index is -0.311. The molecule has 5 nitrogen and oxygen atoms in total. The number of benzene rings is 1. The average molecular weight is 323 g/mol. The van der Waals surface area contributed by atoms with Crippen LogP contribution in [0.3, 0.4) is 0 Å². The first-order valence-electron chi connectivity index (χ1n) is 7.89. The van der Waals surface area contributed by atoms with Crippen LogP contribution in [0.25, 0.3) is 0 Å². The number of nitrogens with one attached hydrogen (secondary N) is 3. The molecule has 3 amide bonds.